The number of carbonyl (C=O) groups excluding carboxylic acids is 1. The number of ether oxygens (including phenoxy) is 2. The van der Waals surface area contributed by atoms with Gasteiger partial charge >= 0.3 is 6.03 Å². The first kappa shape index (κ1) is 22.5. The Morgan fingerprint density at radius 3 is 2.44 bits per heavy atom. The van der Waals surface area contributed by atoms with Crippen molar-refractivity contribution in [1.29, 1.82) is 0 Å². The summed E-state index contributed by atoms with van der Waals surface area (Å²) in [4.78, 5) is 15.2. The zero-order valence-electron chi connectivity index (χ0n) is 19.8. The van der Waals surface area contributed by atoms with Crippen molar-refractivity contribution in [2.45, 2.75) is 57.0 Å². The van der Waals surface area contributed by atoms with Crippen LogP contribution in [0.5, 0.6) is 11.5 Å². The maximum absolute atomic E-state index is 12.7. The molecule has 1 aliphatic heterocycles. The van der Waals surface area contributed by atoms with Gasteiger partial charge in [-0.05, 0) is 94.1 Å². The summed E-state index contributed by atoms with van der Waals surface area (Å²) in [5, 5.41) is 6.24. The molecule has 0 spiro atoms. The molecule has 4 rings (SSSR count). The maximum Gasteiger partial charge on any atom is 0.319 e. The van der Waals surface area contributed by atoms with Crippen molar-refractivity contribution in [3.05, 3.63) is 53.1 Å². The molecule has 2 aromatic carbocycles. The Labute approximate surface area is 191 Å². The SMILES string of the molecule is COc1ccc(C23CCC(NC(=O)Nc4cc(C)cc(C)c4)CC2N(C)CC3)cc1OC. The summed E-state index contributed by atoms with van der Waals surface area (Å²) in [5.74, 6) is 1.54. The Morgan fingerprint density at radius 2 is 1.75 bits per heavy atom. The average Bonchev–Trinajstić information content (AvgIpc) is 3.09. The molecule has 0 aromatic heterocycles. The molecule has 6 nitrogen and oxygen atoms in total. The smallest absolute Gasteiger partial charge is 0.319 e. The van der Waals surface area contributed by atoms with E-state index in [-0.39, 0.29) is 17.5 Å². The molecule has 2 fully saturated rings. The molecule has 2 N–H and O–H groups in total. The lowest BCUT2D eigenvalue weighted by Crippen LogP contribution is -2.52. The van der Waals surface area contributed by atoms with Crippen LogP contribution >= 0.6 is 0 Å². The fraction of sp³-hybridized carbons (Fsp3) is 0.500. The number of methoxy groups -OCH3 is 2. The summed E-state index contributed by atoms with van der Waals surface area (Å²) in [6.45, 7) is 5.14. The Morgan fingerprint density at radius 1 is 1.03 bits per heavy atom. The second-order valence-electron chi connectivity index (χ2n) is 9.42. The number of fused-ring (bicyclic) bond motifs is 1. The van der Waals surface area contributed by atoms with Crippen molar-refractivity contribution in [3.63, 3.8) is 0 Å². The molecule has 1 aliphatic carbocycles. The summed E-state index contributed by atoms with van der Waals surface area (Å²) < 4.78 is 11.0. The van der Waals surface area contributed by atoms with Gasteiger partial charge in [-0.3, -0.25) is 0 Å². The van der Waals surface area contributed by atoms with Crippen LogP contribution in [0.25, 0.3) is 0 Å². The summed E-state index contributed by atoms with van der Waals surface area (Å²) in [5.41, 5.74) is 4.52. The molecule has 0 radical (unpaired) electrons. The van der Waals surface area contributed by atoms with Crippen LogP contribution in [-0.2, 0) is 5.41 Å². The van der Waals surface area contributed by atoms with Gasteiger partial charge < -0.3 is 25.0 Å². The Hall–Kier alpha value is -2.73. The van der Waals surface area contributed by atoms with Crippen LogP contribution in [0.2, 0.25) is 0 Å². The van der Waals surface area contributed by atoms with Crippen molar-refractivity contribution in [1.82, 2.24) is 10.2 Å². The fourth-order valence-corrected chi connectivity index (χ4v) is 5.79. The van der Waals surface area contributed by atoms with Gasteiger partial charge in [0.05, 0.1) is 14.2 Å². The molecule has 1 saturated heterocycles. The molecule has 32 heavy (non-hydrogen) atoms. The number of carbonyl (C=O) groups is 1. The van der Waals surface area contributed by atoms with Crippen molar-refractivity contribution >= 4 is 11.7 Å². The predicted molar refractivity (Wildman–Crippen MR) is 128 cm³/mol. The van der Waals surface area contributed by atoms with E-state index in [1.807, 2.05) is 32.0 Å². The van der Waals surface area contributed by atoms with Crippen molar-refractivity contribution in [2.75, 3.05) is 33.1 Å². The van der Waals surface area contributed by atoms with Gasteiger partial charge in [-0.2, -0.15) is 0 Å². The van der Waals surface area contributed by atoms with E-state index >= 15 is 0 Å². The van der Waals surface area contributed by atoms with Crippen LogP contribution < -0.4 is 20.1 Å². The molecular weight excluding hydrogens is 402 g/mol. The molecule has 2 aromatic rings. The number of anilines is 1. The first-order chi connectivity index (χ1) is 15.3. The number of benzene rings is 2. The van der Waals surface area contributed by atoms with Gasteiger partial charge in [0.25, 0.3) is 0 Å². The van der Waals surface area contributed by atoms with Crippen LogP contribution in [-0.4, -0.2) is 50.8 Å². The lowest BCUT2D eigenvalue weighted by molar-refractivity contribution is 0.156. The molecule has 2 aliphatic rings. The number of rotatable bonds is 5. The summed E-state index contributed by atoms with van der Waals surface area (Å²) in [6, 6.07) is 12.9. The highest BCUT2D eigenvalue weighted by atomic mass is 16.5. The van der Waals surface area contributed by atoms with Gasteiger partial charge in [-0.25, -0.2) is 4.79 Å². The largest absolute Gasteiger partial charge is 0.493 e. The van der Waals surface area contributed by atoms with E-state index in [4.69, 9.17) is 9.47 Å². The third-order valence-electron chi connectivity index (χ3n) is 7.30. The molecule has 0 bridgehead atoms. The molecule has 3 unspecified atom stereocenters. The van der Waals surface area contributed by atoms with E-state index in [0.717, 1.165) is 60.5 Å². The summed E-state index contributed by atoms with van der Waals surface area (Å²) in [7, 11) is 5.56. The molecule has 172 valence electrons. The van der Waals surface area contributed by atoms with E-state index in [9.17, 15) is 4.79 Å². The minimum absolute atomic E-state index is 0.0800. The van der Waals surface area contributed by atoms with Crippen LogP contribution in [0.3, 0.4) is 0 Å². The van der Waals surface area contributed by atoms with Crippen LogP contribution in [0.15, 0.2) is 36.4 Å². The Kier molecular flexibility index (Phi) is 6.33. The topological polar surface area (TPSA) is 62.8 Å². The molecule has 2 amide bonds. The molecule has 1 heterocycles. The van der Waals surface area contributed by atoms with Crippen molar-refractivity contribution in [3.8, 4) is 11.5 Å². The van der Waals surface area contributed by atoms with Gasteiger partial charge in [-0.1, -0.05) is 12.1 Å². The highest BCUT2D eigenvalue weighted by molar-refractivity contribution is 5.89. The number of urea groups is 1. The minimum atomic E-state index is -0.126. The van der Waals surface area contributed by atoms with Crippen molar-refractivity contribution < 1.29 is 14.3 Å². The van der Waals surface area contributed by atoms with Crippen LogP contribution in [0.4, 0.5) is 10.5 Å². The van der Waals surface area contributed by atoms with Crippen LogP contribution in [0, 0.1) is 13.8 Å². The fourth-order valence-electron chi connectivity index (χ4n) is 5.79. The first-order valence-corrected chi connectivity index (χ1v) is 11.4. The first-order valence-electron chi connectivity index (χ1n) is 11.4. The quantitative estimate of drug-likeness (QED) is 0.716. The number of aryl methyl sites for hydroxylation is 2. The highest BCUT2D eigenvalue weighted by Gasteiger charge is 2.50. The van der Waals surface area contributed by atoms with Crippen molar-refractivity contribution in [2.24, 2.45) is 0 Å². The number of nitrogens with one attached hydrogen (secondary N) is 2. The van der Waals surface area contributed by atoms with Gasteiger partial charge in [0.2, 0.25) is 0 Å². The lowest BCUT2D eigenvalue weighted by Gasteiger charge is -2.45. The number of likely N-dealkylation sites (N-methyl/N-ethyl adjacent to an activating group) is 1. The second-order valence-corrected chi connectivity index (χ2v) is 9.42. The molecule has 3 atom stereocenters. The molecule has 6 heteroatoms. The number of amides is 2. The third kappa shape index (κ3) is 4.29. The number of hydrogen-bond acceptors (Lipinski definition) is 4. The van der Waals surface area contributed by atoms with E-state index in [1.54, 1.807) is 14.2 Å². The predicted octanol–water partition coefficient (Wildman–Crippen LogP) is 4.64. The number of hydrogen-bond donors (Lipinski definition) is 2. The van der Waals surface area contributed by atoms with Gasteiger partial charge in [0.1, 0.15) is 0 Å². The Bertz CT molecular complexity index is 972. The van der Waals surface area contributed by atoms with Crippen LogP contribution in [0.1, 0.15) is 42.4 Å². The van der Waals surface area contributed by atoms with E-state index in [0.29, 0.717) is 6.04 Å². The van der Waals surface area contributed by atoms with Gasteiger partial charge in [0, 0.05) is 23.2 Å². The van der Waals surface area contributed by atoms with E-state index < -0.39 is 0 Å². The minimum Gasteiger partial charge on any atom is -0.493 e. The average molecular weight is 438 g/mol. The third-order valence-corrected chi connectivity index (χ3v) is 7.30. The zero-order valence-corrected chi connectivity index (χ0v) is 19.8. The van der Waals surface area contributed by atoms with Gasteiger partial charge in [-0.15, -0.1) is 0 Å². The van der Waals surface area contributed by atoms with Gasteiger partial charge in [0.15, 0.2) is 11.5 Å². The highest BCUT2D eigenvalue weighted by Crippen LogP contribution is 2.49. The lowest BCUT2D eigenvalue weighted by atomic mass is 9.65. The summed E-state index contributed by atoms with van der Waals surface area (Å²) >= 11 is 0. The van der Waals surface area contributed by atoms with E-state index in [1.165, 1.54) is 5.56 Å². The number of nitrogens with zero attached hydrogens (tertiary/aromatic N) is 1. The normalized spacial score (nSPS) is 25.2. The number of likely N-dealkylation sites (tertiary alicyclic amines) is 1. The second kappa shape index (κ2) is 9.02. The monoisotopic (exact) mass is 437 g/mol. The zero-order chi connectivity index (χ0) is 22.9. The summed E-state index contributed by atoms with van der Waals surface area (Å²) in [6.07, 6.45) is 4.04. The Balaban J connectivity index is 1.48. The molecule has 1 saturated carbocycles. The molecular formula is C26H35N3O3. The van der Waals surface area contributed by atoms with E-state index in [2.05, 4.69) is 40.8 Å². The maximum atomic E-state index is 12.7. The standard InChI is InChI=1S/C26H35N3O3/c1-17-12-18(2)14-21(13-17)28-25(30)27-20-8-9-26(10-11-29(3)24(26)16-20)19-6-7-22(31-4)23(15-19)32-5/h6-7,12-15,20,24H,8-11,16H2,1-5H3,(H2,27,28,30).